The second-order valence-electron chi connectivity index (χ2n) is 4.11. The van der Waals surface area contributed by atoms with E-state index < -0.39 is 0 Å². The Bertz CT molecular complexity index is 699. The SMILES string of the molecule is CNc1c(C#N)cnn(Cc2ccc(OC)cc2)c1=O. The molecule has 0 saturated carbocycles. The highest BCUT2D eigenvalue weighted by molar-refractivity contribution is 5.54. The van der Waals surface area contributed by atoms with Gasteiger partial charge in [0.2, 0.25) is 0 Å². The Morgan fingerprint density at radius 3 is 2.65 bits per heavy atom. The van der Waals surface area contributed by atoms with E-state index in [9.17, 15) is 4.79 Å². The van der Waals surface area contributed by atoms with Crippen LogP contribution in [-0.4, -0.2) is 23.9 Å². The van der Waals surface area contributed by atoms with Gasteiger partial charge in [-0.3, -0.25) is 4.79 Å². The van der Waals surface area contributed by atoms with Gasteiger partial charge in [-0.15, -0.1) is 0 Å². The predicted octanol–water partition coefficient (Wildman–Crippen LogP) is 1.21. The summed E-state index contributed by atoms with van der Waals surface area (Å²) in [6.45, 7) is 0.337. The van der Waals surface area contributed by atoms with Crippen LogP contribution in [-0.2, 0) is 6.54 Å². The molecular weight excluding hydrogens is 256 g/mol. The molecule has 0 fully saturated rings. The number of hydrogen-bond donors (Lipinski definition) is 1. The molecule has 20 heavy (non-hydrogen) atoms. The van der Waals surface area contributed by atoms with E-state index in [0.29, 0.717) is 6.54 Å². The van der Waals surface area contributed by atoms with Crippen LogP contribution in [0.2, 0.25) is 0 Å². The molecule has 0 radical (unpaired) electrons. The molecule has 6 nitrogen and oxygen atoms in total. The summed E-state index contributed by atoms with van der Waals surface area (Å²) in [4.78, 5) is 12.2. The van der Waals surface area contributed by atoms with E-state index in [-0.39, 0.29) is 16.8 Å². The van der Waals surface area contributed by atoms with Crippen LogP contribution in [0.3, 0.4) is 0 Å². The van der Waals surface area contributed by atoms with E-state index in [1.165, 1.54) is 10.9 Å². The summed E-state index contributed by atoms with van der Waals surface area (Å²) < 4.78 is 6.39. The van der Waals surface area contributed by atoms with E-state index in [1.807, 2.05) is 30.3 Å². The van der Waals surface area contributed by atoms with Crippen LogP contribution in [0.5, 0.6) is 5.75 Å². The Morgan fingerprint density at radius 2 is 2.10 bits per heavy atom. The van der Waals surface area contributed by atoms with Crippen molar-refractivity contribution in [2.24, 2.45) is 0 Å². The fourth-order valence-electron chi connectivity index (χ4n) is 1.83. The zero-order valence-corrected chi connectivity index (χ0v) is 11.3. The molecule has 0 amide bonds. The third kappa shape index (κ3) is 2.62. The molecule has 1 N–H and O–H groups in total. The summed E-state index contributed by atoms with van der Waals surface area (Å²) >= 11 is 0. The van der Waals surface area contributed by atoms with Crippen LogP contribution in [0.1, 0.15) is 11.1 Å². The maximum Gasteiger partial charge on any atom is 0.291 e. The van der Waals surface area contributed by atoms with E-state index in [4.69, 9.17) is 10.00 Å². The molecule has 102 valence electrons. The lowest BCUT2D eigenvalue weighted by Gasteiger charge is -2.08. The molecule has 6 heteroatoms. The Kier molecular flexibility index (Phi) is 4.01. The third-order valence-electron chi connectivity index (χ3n) is 2.91. The highest BCUT2D eigenvalue weighted by atomic mass is 16.5. The monoisotopic (exact) mass is 270 g/mol. The van der Waals surface area contributed by atoms with Crippen LogP contribution in [0.15, 0.2) is 35.3 Å². The van der Waals surface area contributed by atoms with Crippen molar-refractivity contribution in [3.8, 4) is 11.8 Å². The van der Waals surface area contributed by atoms with E-state index in [1.54, 1.807) is 14.2 Å². The maximum atomic E-state index is 12.2. The number of aromatic nitrogens is 2. The van der Waals surface area contributed by atoms with Crippen molar-refractivity contribution >= 4 is 5.69 Å². The molecule has 1 heterocycles. The highest BCUT2D eigenvalue weighted by Gasteiger charge is 2.09. The zero-order chi connectivity index (χ0) is 14.5. The number of anilines is 1. The number of nitrogens with zero attached hydrogens (tertiary/aromatic N) is 3. The van der Waals surface area contributed by atoms with Gasteiger partial charge in [-0.1, -0.05) is 12.1 Å². The second kappa shape index (κ2) is 5.89. The van der Waals surface area contributed by atoms with Crippen molar-refractivity contribution in [1.29, 1.82) is 5.26 Å². The lowest BCUT2D eigenvalue weighted by Crippen LogP contribution is -2.26. The van der Waals surface area contributed by atoms with Gasteiger partial charge in [0.1, 0.15) is 23.1 Å². The first-order valence-electron chi connectivity index (χ1n) is 6.00. The average Bonchev–Trinajstić information content (AvgIpc) is 2.49. The van der Waals surface area contributed by atoms with Gasteiger partial charge in [0.05, 0.1) is 19.9 Å². The predicted molar refractivity (Wildman–Crippen MR) is 74.9 cm³/mol. The molecule has 0 saturated heterocycles. The molecule has 1 aromatic carbocycles. The number of ether oxygens (including phenoxy) is 1. The summed E-state index contributed by atoms with van der Waals surface area (Å²) in [6.07, 6.45) is 1.39. The lowest BCUT2D eigenvalue weighted by atomic mass is 10.2. The standard InChI is InChI=1S/C14H14N4O2/c1-16-13-11(7-15)8-17-18(14(13)19)9-10-3-5-12(20-2)6-4-10/h3-6,8,16H,9H2,1-2H3. The Balaban J connectivity index is 2.34. The molecule has 2 aromatic rings. The molecular formula is C14H14N4O2. The molecule has 0 atom stereocenters. The Labute approximate surface area is 116 Å². The number of nitrogens with one attached hydrogen (secondary N) is 1. The van der Waals surface area contributed by atoms with Crippen molar-refractivity contribution in [3.05, 3.63) is 51.9 Å². The quantitative estimate of drug-likeness (QED) is 0.903. The minimum atomic E-state index is -0.317. The Morgan fingerprint density at radius 1 is 1.40 bits per heavy atom. The van der Waals surface area contributed by atoms with Gasteiger partial charge in [0.15, 0.2) is 0 Å². The first-order chi connectivity index (χ1) is 9.69. The van der Waals surface area contributed by atoms with Crippen molar-refractivity contribution in [3.63, 3.8) is 0 Å². The van der Waals surface area contributed by atoms with Crippen LogP contribution in [0.4, 0.5) is 5.69 Å². The number of rotatable bonds is 4. The topological polar surface area (TPSA) is 79.9 Å². The molecule has 0 aliphatic carbocycles. The lowest BCUT2D eigenvalue weighted by molar-refractivity contribution is 0.414. The normalized spacial score (nSPS) is 9.85. The molecule has 0 bridgehead atoms. The minimum absolute atomic E-state index is 0.239. The van der Waals surface area contributed by atoms with Crippen molar-refractivity contribution in [1.82, 2.24) is 9.78 Å². The van der Waals surface area contributed by atoms with Gasteiger partial charge in [-0.25, -0.2) is 4.68 Å². The van der Waals surface area contributed by atoms with Crippen LogP contribution >= 0.6 is 0 Å². The third-order valence-corrected chi connectivity index (χ3v) is 2.91. The van der Waals surface area contributed by atoms with Gasteiger partial charge in [0, 0.05) is 7.05 Å². The smallest absolute Gasteiger partial charge is 0.291 e. The van der Waals surface area contributed by atoms with E-state index in [0.717, 1.165) is 11.3 Å². The van der Waals surface area contributed by atoms with Crippen LogP contribution in [0, 0.1) is 11.3 Å². The number of hydrogen-bond acceptors (Lipinski definition) is 5. The largest absolute Gasteiger partial charge is 0.497 e. The van der Waals surface area contributed by atoms with Gasteiger partial charge in [-0.2, -0.15) is 10.4 Å². The average molecular weight is 270 g/mol. The first-order valence-corrected chi connectivity index (χ1v) is 6.00. The summed E-state index contributed by atoms with van der Waals surface area (Å²) in [6, 6.07) is 9.31. The van der Waals surface area contributed by atoms with Gasteiger partial charge < -0.3 is 10.1 Å². The number of benzene rings is 1. The zero-order valence-electron chi connectivity index (χ0n) is 11.3. The summed E-state index contributed by atoms with van der Waals surface area (Å²) in [7, 11) is 3.20. The van der Waals surface area contributed by atoms with Crippen molar-refractivity contribution in [2.75, 3.05) is 19.5 Å². The van der Waals surface area contributed by atoms with Crippen LogP contribution < -0.4 is 15.6 Å². The maximum absolute atomic E-state index is 12.2. The summed E-state index contributed by atoms with van der Waals surface area (Å²) in [5.74, 6) is 0.754. The molecule has 0 aliphatic heterocycles. The first kappa shape index (κ1) is 13.6. The Hall–Kier alpha value is -2.81. The van der Waals surface area contributed by atoms with E-state index in [2.05, 4.69) is 10.4 Å². The van der Waals surface area contributed by atoms with Gasteiger partial charge >= 0.3 is 0 Å². The number of nitriles is 1. The second-order valence-corrected chi connectivity index (χ2v) is 4.11. The van der Waals surface area contributed by atoms with Crippen molar-refractivity contribution < 1.29 is 4.74 Å². The summed E-state index contributed by atoms with van der Waals surface area (Å²) in [5, 5.41) is 15.7. The van der Waals surface area contributed by atoms with E-state index >= 15 is 0 Å². The molecule has 1 aromatic heterocycles. The molecule has 0 aliphatic rings. The summed E-state index contributed by atoms with van der Waals surface area (Å²) in [5.41, 5.74) is 1.11. The highest BCUT2D eigenvalue weighted by Crippen LogP contribution is 2.12. The molecule has 0 unspecified atom stereocenters. The molecule has 0 spiro atoms. The minimum Gasteiger partial charge on any atom is -0.497 e. The number of methoxy groups -OCH3 is 1. The van der Waals surface area contributed by atoms with Crippen LogP contribution in [0.25, 0.3) is 0 Å². The van der Waals surface area contributed by atoms with Crippen molar-refractivity contribution in [2.45, 2.75) is 6.54 Å². The van der Waals surface area contributed by atoms with Gasteiger partial charge in [0.25, 0.3) is 5.56 Å². The molecule has 2 rings (SSSR count). The van der Waals surface area contributed by atoms with Gasteiger partial charge in [-0.05, 0) is 17.7 Å². The fraction of sp³-hybridized carbons (Fsp3) is 0.214. The fourth-order valence-corrected chi connectivity index (χ4v) is 1.83.